The Balaban J connectivity index is 1.58. The van der Waals surface area contributed by atoms with Gasteiger partial charge in [0.15, 0.2) is 0 Å². The van der Waals surface area contributed by atoms with E-state index in [-0.39, 0.29) is 11.9 Å². The Kier molecular flexibility index (Phi) is 6.57. The van der Waals surface area contributed by atoms with E-state index in [4.69, 9.17) is 4.74 Å². The number of halogens is 1. The van der Waals surface area contributed by atoms with Crippen LogP contribution in [0.4, 0.5) is 4.39 Å². The van der Waals surface area contributed by atoms with Crippen LogP contribution in [0.5, 0.6) is 0 Å². The number of sulfonamides is 1. The van der Waals surface area contributed by atoms with Crippen LogP contribution in [0.1, 0.15) is 12.0 Å². The summed E-state index contributed by atoms with van der Waals surface area (Å²) in [4.78, 5) is 8.11. The van der Waals surface area contributed by atoms with Crippen LogP contribution in [0.15, 0.2) is 18.5 Å². The number of morpholine rings is 1. The van der Waals surface area contributed by atoms with Crippen molar-refractivity contribution >= 4 is 10.0 Å². The zero-order valence-corrected chi connectivity index (χ0v) is 16.0. The smallest absolute Gasteiger partial charge is 0.211 e. The summed E-state index contributed by atoms with van der Waals surface area (Å²) in [5.74, 6) is -0.316. The Hall–Kier alpha value is -1.13. The lowest BCUT2D eigenvalue weighted by Gasteiger charge is -2.31. The molecule has 1 atom stereocenters. The molecule has 0 bridgehead atoms. The molecule has 2 saturated heterocycles. The molecule has 0 N–H and O–H groups in total. The molecule has 2 aliphatic rings. The van der Waals surface area contributed by atoms with Gasteiger partial charge in [-0.15, -0.1) is 0 Å². The van der Waals surface area contributed by atoms with Crippen LogP contribution in [-0.2, 0) is 21.3 Å². The maximum Gasteiger partial charge on any atom is 0.211 e. The van der Waals surface area contributed by atoms with Crippen molar-refractivity contribution in [3.63, 3.8) is 0 Å². The number of ether oxygens (including phenoxy) is 1. The van der Waals surface area contributed by atoms with Gasteiger partial charge in [0.05, 0.1) is 25.7 Å². The van der Waals surface area contributed by atoms with Crippen molar-refractivity contribution in [2.75, 3.05) is 58.7 Å². The quantitative estimate of drug-likeness (QED) is 0.675. The van der Waals surface area contributed by atoms with E-state index in [0.29, 0.717) is 45.0 Å². The molecule has 146 valence electrons. The summed E-state index contributed by atoms with van der Waals surface area (Å²) in [6.07, 6.45) is 4.84. The number of aromatic nitrogens is 1. The van der Waals surface area contributed by atoms with Crippen LogP contribution < -0.4 is 0 Å². The van der Waals surface area contributed by atoms with Crippen molar-refractivity contribution in [1.29, 1.82) is 0 Å². The maximum absolute atomic E-state index is 13.8. The van der Waals surface area contributed by atoms with Gasteiger partial charge in [-0.1, -0.05) is 0 Å². The average molecular weight is 386 g/mol. The standard InChI is InChI=1S/C17H27FN4O3S/c1-26(23,24)22(7-6-20-8-10-25-11-9-20)16-3-5-21(14-16)13-15-2-4-19-12-17(15)18/h2,4,12,16H,3,5-11,13-14H2,1H3. The monoisotopic (exact) mass is 386 g/mol. The zero-order valence-electron chi connectivity index (χ0n) is 15.2. The molecule has 0 amide bonds. The van der Waals surface area contributed by atoms with Crippen molar-refractivity contribution in [1.82, 2.24) is 19.1 Å². The number of pyridine rings is 1. The molecule has 0 aliphatic carbocycles. The second-order valence-electron chi connectivity index (χ2n) is 6.97. The molecule has 2 fully saturated rings. The zero-order chi connectivity index (χ0) is 18.6. The van der Waals surface area contributed by atoms with Gasteiger partial charge in [-0.05, 0) is 12.5 Å². The fourth-order valence-corrected chi connectivity index (χ4v) is 4.77. The van der Waals surface area contributed by atoms with E-state index < -0.39 is 10.0 Å². The van der Waals surface area contributed by atoms with Gasteiger partial charge in [0, 0.05) is 63.6 Å². The van der Waals surface area contributed by atoms with E-state index in [9.17, 15) is 12.8 Å². The third-order valence-electron chi connectivity index (χ3n) is 5.07. The highest BCUT2D eigenvalue weighted by atomic mass is 32.2. The average Bonchev–Trinajstić information content (AvgIpc) is 3.05. The first-order valence-corrected chi connectivity index (χ1v) is 10.9. The van der Waals surface area contributed by atoms with Gasteiger partial charge in [-0.25, -0.2) is 12.8 Å². The topological polar surface area (TPSA) is 66.0 Å². The fourth-order valence-electron chi connectivity index (χ4n) is 3.65. The van der Waals surface area contributed by atoms with Crippen molar-refractivity contribution in [3.05, 3.63) is 29.8 Å². The normalized spacial score (nSPS) is 23.0. The summed E-state index contributed by atoms with van der Waals surface area (Å²) in [6.45, 7) is 6.15. The summed E-state index contributed by atoms with van der Waals surface area (Å²) in [6, 6.07) is 1.62. The lowest BCUT2D eigenvalue weighted by molar-refractivity contribution is 0.0354. The lowest BCUT2D eigenvalue weighted by Crippen LogP contribution is -2.47. The Morgan fingerprint density at radius 1 is 1.31 bits per heavy atom. The molecule has 3 heterocycles. The SMILES string of the molecule is CS(=O)(=O)N(CCN1CCOCC1)C1CCN(Cc2ccncc2F)C1. The second kappa shape index (κ2) is 8.71. The number of likely N-dealkylation sites (tertiary alicyclic amines) is 1. The predicted molar refractivity (Wildman–Crippen MR) is 96.7 cm³/mol. The van der Waals surface area contributed by atoms with Gasteiger partial charge in [0.2, 0.25) is 10.0 Å². The highest BCUT2D eigenvalue weighted by Crippen LogP contribution is 2.21. The van der Waals surface area contributed by atoms with Crippen LogP contribution in [0, 0.1) is 5.82 Å². The van der Waals surface area contributed by atoms with Crippen molar-refractivity contribution in [3.8, 4) is 0 Å². The highest BCUT2D eigenvalue weighted by Gasteiger charge is 2.33. The van der Waals surface area contributed by atoms with Crippen LogP contribution in [0.25, 0.3) is 0 Å². The minimum absolute atomic E-state index is 0.0593. The summed E-state index contributed by atoms with van der Waals surface area (Å²) in [5.41, 5.74) is 0.597. The molecule has 3 rings (SSSR count). The van der Waals surface area contributed by atoms with E-state index >= 15 is 0 Å². The van der Waals surface area contributed by atoms with E-state index in [1.165, 1.54) is 12.5 Å². The fraction of sp³-hybridized carbons (Fsp3) is 0.706. The van der Waals surface area contributed by atoms with Crippen molar-refractivity contribution < 1.29 is 17.5 Å². The van der Waals surface area contributed by atoms with Gasteiger partial charge in [-0.3, -0.25) is 14.8 Å². The highest BCUT2D eigenvalue weighted by molar-refractivity contribution is 7.88. The first kappa shape index (κ1) is 19.6. The maximum atomic E-state index is 13.8. The third-order valence-corrected chi connectivity index (χ3v) is 6.40. The largest absolute Gasteiger partial charge is 0.379 e. The van der Waals surface area contributed by atoms with Gasteiger partial charge in [0.1, 0.15) is 5.82 Å². The number of hydrogen-bond donors (Lipinski definition) is 0. The van der Waals surface area contributed by atoms with Crippen LogP contribution in [0.2, 0.25) is 0 Å². The molecule has 9 heteroatoms. The van der Waals surface area contributed by atoms with Gasteiger partial charge < -0.3 is 4.74 Å². The molecule has 26 heavy (non-hydrogen) atoms. The predicted octanol–water partition coefficient (Wildman–Crippen LogP) is 0.389. The molecule has 2 aliphatic heterocycles. The van der Waals surface area contributed by atoms with E-state index in [1.54, 1.807) is 16.6 Å². The number of hydrogen-bond acceptors (Lipinski definition) is 6. The minimum Gasteiger partial charge on any atom is -0.379 e. The molecular formula is C17H27FN4O3S. The molecule has 0 spiro atoms. The van der Waals surface area contributed by atoms with Crippen LogP contribution >= 0.6 is 0 Å². The molecule has 0 aromatic carbocycles. The minimum atomic E-state index is -3.29. The molecule has 1 aromatic rings. The van der Waals surface area contributed by atoms with Crippen molar-refractivity contribution in [2.24, 2.45) is 0 Å². The Morgan fingerprint density at radius 2 is 2.08 bits per heavy atom. The molecule has 0 saturated carbocycles. The lowest BCUT2D eigenvalue weighted by atomic mass is 10.2. The molecule has 0 radical (unpaired) electrons. The first-order valence-electron chi connectivity index (χ1n) is 9.01. The van der Waals surface area contributed by atoms with Gasteiger partial charge >= 0.3 is 0 Å². The molecule has 1 aromatic heterocycles. The Bertz CT molecular complexity index is 697. The van der Waals surface area contributed by atoms with E-state index in [0.717, 1.165) is 26.1 Å². The first-order chi connectivity index (χ1) is 12.4. The molecule has 1 unspecified atom stereocenters. The summed E-state index contributed by atoms with van der Waals surface area (Å²) >= 11 is 0. The number of rotatable bonds is 7. The van der Waals surface area contributed by atoms with E-state index in [2.05, 4.69) is 14.8 Å². The Morgan fingerprint density at radius 3 is 2.77 bits per heavy atom. The molecule has 7 nitrogen and oxygen atoms in total. The molecular weight excluding hydrogens is 359 g/mol. The number of nitrogens with zero attached hydrogens (tertiary/aromatic N) is 4. The van der Waals surface area contributed by atoms with Gasteiger partial charge in [0.25, 0.3) is 0 Å². The Labute approximate surface area is 154 Å². The summed E-state index contributed by atoms with van der Waals surface area (Å²) in [7, 11) is -3.29. The summed E-state index contributed by atoms with van der Waals surface area (Å²) < 4.78 is 45.4. The third kappa shape index (κ3) is 5.20. The van der Waals surface area contributed by atoms with E-state index in [1.807, 2.05) is 0 Å². The van der Waals surface area contributed by atoms with Crippen LogP contribution in [0.3, 0.4) is 0 Å². The summed E-state index contributed by atoms with van der Waals surface area (Å²) in [5, 5.41) is 0. The van der Waals surface area contributed by atoms with Crippen molar-refractivity contribution in [2.45, 2.75) is 19.0 Å². The van der Waals surface area contributed by atoms with Crippen LogP contribution in [-0.4, -0.2) is 92.3 Å². The second-order valence-corrected chi connectivity index (χ2v) is 8.91. The van der Waals surface area contributed by atoms with Gasteiger partial charge in [-0.2, -0.15) is 4.31 Å².